The molecule has 1 aliphatic carbocycles. The van der Waals surface area contributed by atoms with Gasteiger partial charge < -0.3 is 4.74 Å². The Labute approximate surface area is 135 Å². The third kappa shape index (κ3) is 4.59. The summed E-state index contributed by atoms with van der Waals surface area (Å²) in [6.45, 7) is 6.62. The van der Waals surface area contributed by atoms with Crippen LogP contribution in [-0.2, 0) is 11.2 Å². The van der Waals surface area contributed by atoms with Crippen molar-refractivity contribution < 1.29 is 9.53 Å². The third-order valence-corrected chi connectivity index (χ3v) is 4.96. The van der Waals surface area contributed by atoms with Crippen LogP contribution < -0.4 is 4.74 Å². The van der Waals surface area contributed by atoms with E-state index in [9.17, 15) is 4.79 Å². The Kier molecular flexibility index (Phi) is 6.48. The largest absolute Gasteiger partial charge is 0.426 e. The molecule has 2 nitrogen and oxygen atoms in total. The molecule has 1 aromatic carbocycles. The zero-order valence-electron chi connectivity index (χ0n) is 14.3. The summed E-state index contributed by atoms with van der Waals surface area (Å²) in [5.41, 5.74) is 1.30. The number of carbonyl (C=O) groups is 1. The predicted molar refractivity (Wildman–Crippen MR) is 91.0 cm³/mol. The van der Waals surface area contributed by atoms with Crippen molar-refractivity contribution in [3.8, 4) is 5.75 Å². The Bertz CT molecular complexity index is 463. The summed E-state index contributed by atoms with van der Waals surface area (Å²) in [6, 6.07) is 7.98. The van der Waals surface area contributed by atoms with Crippen LogP contribution in [0.3, 0.4) is 0 Å². The molecule has 0 amide bonds. The van der Waals surface area contributed by atoms with Gasteiger partial charge in [-0.25, -0.2) is 0 Å². The van der Waals surface area contributed by atoms with Gasteiger partial charge in [-0.2, -0.15) is 0 Å². The monoisotopic (exact) mass is 302 g/mol. The van der Waals surface area contributed by atoms with Gasteiger partial charge in [0.2, 0.25) is 0 Å². The Morgan fingerprint density at radius 3 is 2.45 bits per heavy atom. The molecule has 2 heteroatoms. The van der Waals surface area contributed by atoms with E-state index in [1.54, 1.807) is 0 Å². The number of esters is 1. The molecular weight excluding hydrogens is 272 g/mol. The zero-order valence-corrected chi connectivity index (χ0v) is 14.3. The van der Waals surface area contributed by atoms with E-state index in [1.165, 1.54) is 31.2 Å². The SMILES string of the molecule is CCCc1ccc(OC(=O)[C@@H]2CC[C@H](CCC)C[C@H]2C)cc1. The molecule has 1 aromatic rings. The smallest absolute Gasteiger partial charge is 0.314 e. The molecule has 0 radical (unpaired) electrons. The van der Waals surface area contributed by atoms with Crippen molar-refractivity contribution in [3.63, 3.8) is 0 Å². The highest BCUT2D eigenvalue weighted by Gasteiger charge is 2.33. The van der Waals surface area contributed by atoms with Crippen LogP contribution in [0.2, 0.25) is 0 Å². The minimum absolute atomic E-state index is 0.0364. The number of rotatable bonds is 6. The van der Waals surface area contributed by atoms with Gasteiger partial charge in [-0.3, -0.25) is 4.79 Å². The van der Waals surface area contributed by atoms with Crippen molar-refractivity contribution in [1.29, 1.82) is 0 Å². The molecule has 122 valence electrons. The Morgan fingerprint density at radius 1 is 1.14 bits per heavy atom. The van der Waals surface area contributed by atoms with Crippen molar-refractivity contribution in [3.05, 3.63) is 29.8 Å². The van der Waals surface area contributed by atoms with Crippen molar-refractivity contribution in [2.75, 3.05) is 0 Å². The molecule has 0 bridgehead atoms. The second kappa shape index (κ2) is 8.36. The highest BCUT2D eigenvalue weighted by molar-refractivity contribution is 5.75. The number of ether oxygens (including phenoxy) is 1. The molecule has 0 spiro atoms. The first kappa shape index (κ1) is 17.1. The fraction of sp³-hybridized carbons (Fsp3) is 0.650. The number of aryl methyl sites for hydroxylation is 1. The van der Waals surface area contributed by atoms with E-state index in [2.05, 4.69) is 32.9 Å². The van der Waals surface area contributed by atoms with Gasteiger partial charge in [0.1, 0.15) is 5.75 Å². The molecule has 1 aliphatic rings. The van der Waals surface area contributed by atoms with Gasteiger partial charge >= 0.3 is 5.97 Å². The van der Waals surface area contributed by atoms with E-state index < -0.39 is 0 Å². The first-order chi connectivity index (χ1) is 10.6. The third-order valence-electron chi connectivity index (χ3n) is 4.96. The standard InChI is InChI=1S/C20H30O2/c1-4-6-16-8-11-18(12-9-16)22-20(21)19-13-10-17(7-5-2)14-15(19)3/h8-9,11-12,15,17,19H,4-7,10,13-14H2,1-3H3/t15-,17+,19-/m1/s1. The number of benzene rings is 1. The maximum atomic E-state index is 12.4. The van der Waals surface area contributed by atoms with E-state index >= 15 is 0 Å². The maximum absolute atomic E-state index is 12.4. The lowest BCUT2D eigenvalue weighted by molar-refractivity contribution is -0.142. The van der Waals surface area contributed by atoms with E-state index in [0.717, 1.165) is 25.2 Å². The number of carbonyl (C=O) groups excluding carboxylic acids is 1. The van der Waals surface area contributed by atoms with Crippen molar-refractivity contribution in [2.24, 2.45) is 17.8 Å². The van der Waals surface area contributed by atoms with Crippen LogP contribution in [-0.4, -0.2) is 5.97 Å². The lowest BCUT2D eigenvalue weighted by atomic mass is 9.73. The molecule has 1 fully saturated rings. The van der Waals surface area contributed by atoms with Gasteiger partial charge in [-0.1, -0.05) is 52.2 Å². The summed E-state index contributed by atoms with van der Waals surface area (Å²) in [4.78, 5) is 12.4. The molecule has 0 aliphatic heterocycles. The number of hydrogen-bond acceptors (Lipinski definition) is 2. The molecule has 3 atom stereocenters. The molecule has 22 heavy (non-hydrogen) atoms. The summed E-state index contributed by atoms with van der Waals surface area (Å²) in [5, 5.41) is 0. The first-order valence-corrected chi connectivity index (χ1v) is 8.94. The lowest BCUT2D eigenvalue weighted by Gasteiger charge is -2.32. The molecule has 0 N–H and O–H groups in total. The molecule has 2 rings (SSSR count). The van der Waals surface area contributed by atoms with Gasteiger partial charge in [0.05, 0.1) is 5.92 Å². The Balaban J connectivity index is 1.89. The molecular formula is C20H30O2. The van der Waals surface area contributed by atoms with E-state index in [-0.39, 0.29) is 11.9 Å². The van der Waals surface area contributed by atoms with Crippen LogP contribution in [0.1, 0.15) is 64.9 Å². The Hall–Kier alpha value is -1.31. The van der Waals surface area contributed by atoms with Crippen molar-refractivity contribution in [2.45, 2.75) is 65.7 Å². The summed E-state index contributed by atoms with van der Waals surface area (Å²) >= 11 is 0. The summed E-state index contributed by atoms with van der Waals surface area (Å²) < 4.78 is 5.61. The average Bonchev–Trinajstić information content (AvgIpc) is 2.50. The van der Waals surface area contributed by atoms with E-state index in [0.29, 0.717) is 11.7 Å². The second-order valence-electron chi connectivity index (χ2n) is 6.87. The van der Waals surface area contributed by atoms with Gasteiger partial charge in [0.15, 0.2) is 0 Å². The predicted octanol–water partition coefficient (Wildman–Crippen LogP) is 5.40. The van der Waals surface area contributed by atoms with Crippen LogP contribution in [0.15, 0.2) is 24.3 Å². The topological polar surface area (TPSA) is 26.3 Å². The quantitative estimate of drug-likeness (QED) is 0.519. The normalized spacial score (nSPS) is 25.0. The van der Waals surface area contributed by atoms with Crippen LogP contribution in [0, 0.1) is 17.8 Å². The number of hydrogen-bond donors (Lipinski definition) is 0. The van der Waals surface area contributed by atoms with Gasteiger partial charge in [0.25, 0.3) is 0 Å². The molecule has 0 unspecified atom stereocenters. The van der Waals surface area contributed by atoms with Crippen LogP contribution in [0.5, 0.6) is 5.75 Å². The fourth-order valence-corrected chi connectivity index (χ4v) is 3.73. The minimum atomic E-state index is -0.0364. The molecule has 0 saturated heterocycles. The highest BCUT2D eigenvalue weighted by atomic mass is 16.5. The van der Waals surface area contributed by atoms with Gasteiger partial charge in [-0.05, 0) is 55.2 Å². The second-order valence-corrected chi connectivity index (χ2v) is 6.87. The van der Waals surface area contributed by atoms with E-state index in [4.69, 9.17) is 4.74 Å². The zero-order chi connectivity index (χ0) is 15.9. The van der Waals surface area contributed by atoms with Crippen LogP contribution >= 0.6 is 0 Å². The van der Waals surface area contributed by atoms with Crippen LogP contribution in [0.4, 0.5) is 0 Å². The van der Waals surface area contributed by atoms with Crippen molar-refractivity contribution in [1.82, 2.24) is 0 Å². The highest BCUT2D eigenvalue weighted by Crippen LogP contribution is 2.36. The first-order valence-electron chi connectivity index (χ1n) is 8.94. The molecule has 0 heterocycles. The van der Waals surface area contributed by atoms with Gasteiger partial charge in [0, 0.05) is 0 Å². The Morgan fingerprint density at radius 2 is 1.86 bits per heavy atom. The average molecular weight is 302 g/mol. The lowest BCUT2D eigenvalue weighted by Crippen LogP contribution is -2.32. The van der Waals surface area contributed by atoms with Gasteiger partial charge in [-0.15, -0.1) is 0 Å². The van der Waals surface area contributed by atoms with Crippen molar-refractivity contribution >= 4 is 5.97 Å². The molecule has 1 saturated carbocycles. The maximum Gasteiger partial charge on any atom is 0.314 e. The van der Waals surface area contributed by atoms with E-state index in [1.807, 2.05) is 12.1 Å². The van der Waals surface area contributed by atoms with Crippen LogP contribution in [0.25, 0.3) is 0 Å². The summed E-state index contributed by atoms with van der Waals surface area (Å²) in [6.07, 6.45) is 8.08. The summed E-state index contributed by atoms with van der Waals surface area (Å²) in [5.74, 6) is 1.97. The molecule has 0 aromatic heterocycles. The fourth-order valence-electron chi connectivity index (χ4n) is 3.73. The summed E-state index contributed by atoms with van der Waals surface area (Å²) in [7, 11) is 0. The minimum Gasteiger partial charge on any atom is -0.426 e.